The Bertz CT molecular complexity index is 450. The van der Waals surface area contributed by atoms with Gasteiger partial charge in [0.05, 0.1) is 4.92 Å². The third-order valence-electron chi connectivity index (χ3n) is 2.21. The Morgan fingerprint density at radius 1 is 1.56 bits per heavy atom. The number of nitrogens with one attached hydrogen (secondary N) is 2. The smallest absolute Gasteiger partial charge is 0.339 e. The average molecular weight is 254 g/mol. The molecule has 1 aromatic rings. The minimum Gasteiger partial charge on any atom is -0.478 e. The highest BCUT2D eigenvalue weighted by molar-refractivity contribution is 5.93. The number of nitro groups is 1. The van der Waals surface area contributed by atoms with E-state index >= 15 is 0 Å². The van der Waals surface area contributed by atoms with Crippen LogP contribution in [-0.2, 0) is 0 Å². The molecule has 0 bridgehead atoms. The van der Waals surface area contributed by atoms with Gasteiger partial charge in [0.1, 0.15) is 17.6 Å². The zero-order valence-electron chi connectivity index (χ0n) is 9.84. The van der Waals surface area contributed by atoms with Crippen LogP contribution in [0.5, 0.6) is 0 Å². The summed E-state index contributed by atoms with van der Waals surface area (Å²) >= 11 is 0. The van der Waals surface area contributed by atoms with Gasteiger partial charge in [0, 0.05) is 12.6 Å². The van der Waals surface area contributed by atoms with E-state index in [4.69, 9.17) is 5.11 Å². The van der Waals surface area contributed by atoms with Crippen molar-refractivity contribution in [3.8, 4) is 0 Å². The molecule has 0 spiro atoms. The van der Waals surface area contributed by atoms with Crippen molar-refractivity contribution in [1.29, 1.82) is 0 Å². The van der Waals surface area contributed by atoms with Crippen LogP contribution in [0, 0.1) is 10.1 Å². The summed E-state index contributed by atoms with van der Waals surface area (Å²) in [4.78, 5) is 24.6. The number of carbonyl (C=O) groups is 1. The van der Waals surface area contributed by atoms with Gasteiger partial charge in [-0.1, -0.05) is 0 Å². The van der Waals surface area contributed by atoms with Crippen LogP contribution in [0.3, 0.4) is 0 Å². The summed E-state index contributed by atoms with van der Waals surface area (Å²) in [5.74, 6) is -1.11. The zero-order chi connectivity index (χ0) is 13.5. The molecule has 0 unspecified atom stereocenters. The van der Waals surface area contributed by atoms with E-state index in [0.717, 1.165) is 25.2 Å². The first-order valence-electron chi connectivity index (χ1n) is 5.32. The monoisotopic (exact) mass is 254 g/mol. The summed E-state index contributed by atoms with van der Waals surface area (Å²) in [6, 6.07) is 0.996. The standard InChI is InChI=1S/C10H14N4O4/c1-11-3-2-4-12-9-8(10(15)16)5-7(6-13-9)14(17)18/h5-6,11H,2-4H2,1H3,(H,12,13)(H,15,16). The summed E-state index contributed by atoms with van der Waals surface area (Å²) < 4.78 is 0. The zero-order valence-corrected chi connectivity index (χ0v) is 9.84. The lowest BCUT2D eigenvalue weighted by atomic mass is 10.2. The van der Waals surface area contributed by atoms with Crippen molar-refractivity contribution in [2.45, 2.75) is 6.42 Å². The molecule has 8 heteroatoms. The third-order valence-corrected chi connectivity index (χ3v) is 2.21. The number of nitrogens with zero attached hydrogens (tertiary/aromatic N) is 2. The average Bonchev–Trinajstić information content (AvgIpc) is 2.34. The van der Waals surface area contributed by atoms with E-state index in [1.54, 1.807) is 0 Å². The third kappa shape index (κ3) is 3.67. The van der Waals surface area contributed by atoms with Gasteiger partial charge in [-0.3, -0.25) is 10.1 Å². The topological polar surface area (TPSA) is 117 Å². The second kappa shape index (κ2) is 6.50. The Balaban J connectivity index is 2.83. The maximum Gasteiger partial charge on any atom is 0.339 e. The lowest BCUT2D eigenvalue weighted by molar-refractivity contribution is -0.385. The van der Waals surface area contributed by atoms with Crippen LogP contribution in [0.2, 0.25) is 0 Å². The minimum atomic E-state index is -1.25. The fourth-order valence-electron chi connectivity index (χ4n) is 1.33. The molecule has 3 N–H and O–H groups in total. The van der Waals surface area contributed by atoms with Gasteiger partial charge >= 0.3 is 5.97 Å². The van der Waals surface area contributed by atoms with E-state index < -0.39 is 10.9 Å². The number of aromatic nitrogens is 1. The van der Waals surface area contributed by atoms with Crippen LogP contribution in [0.25, 0.3) is 0 Å². The second-order valence-electron chi connectivity index (χ2n) is 3.54. The van der Waals surface area contributed by atoms with Crippen LogP contribution in [0.4, 0.5) is 11.5 Å². The summed E-state index contributed by atoms with van der Waals surface area (Å²) in [5.41, 5.74) is -0.540. The second-order valence-corrected chi connectivity index (χ2v) is 3.54. The molecule has 1 heterocycles. The van der Waals surface area contributed by atoms with Gasteiger partial charge in [0.15, 0.2) is 0 Å². The molecule has 1 rings (SSSR count). The maximum atomic E-state index is 11.0. The first-order valence-corrected chi connectivity index (χ1v) is 5.32. The predicted molar refractivity (Wildman–Crippen MR) is 64.9 cm³/mol. The number of hydrogen-bond acceptors (Lipinski definition) is 6. The van der Waals surface area contributed by atoms with E-state index in [9.17, 15) is 14.9 Å². The van der Waals surface area contributed by atoms with Crippen LogP contribution in [0.1, 0.15) is 16.8 Å². The summed E-state index contributed by atoms with van der Waals surface area (Å²) in [5, 5.41) is 25.3. The normalized spacial score (nSPS) is 10.1. The predicted octanol–water partition coefficient (Wildman–Crippen LogP) is 0.709. The fourth-order valence-corrected chi connectivity index (χ4v) is 1.33. The Hall–Kier alpha value is -2.22. The van der Waals surface area contributed by atoms with Crippen molar-refractivity contribution in [3.63, 3.8) is 0 Å². The highest BCUT2D eigenvalue weighted by Gasteiger charge is 2.16. The summed E-state index contributed by atoms with van der Waals surface area (Å²) in [7, 11) is 1.81. The van der Waals surface area contributed by atoms with E-state index in [0.29, 0.717) is 6.54 Å². The molecule has 0 radical (unpaired) electrons. The molecule has 0 fully saturated rings. The molecular weight excluding hydrogens is 240 g/mol. The van der Waals surface area contributed by atoms with Crippen molar-refractivity contribution in [1.82, 2.24) is 10.3 Å². The molecular formula is C10H14N4O4. The minimum absolute atomic E-state index is 0.143. The number of rotatable bonds is 7. The molecule has 0 atom stereocenters. The van der Waals surface area contributed by atoms with Gasteiger partial charge in [0.25, 0.3) is 5.69 Å². The van der Waals surface area contributed by atoms with Crippen LogP contribution >= 0.6 is 0 Å². The van der Waals surface area contributed by atoms with Gasteiger partial charge < -0.3 is 15.7 Å². The highest BCUT2D eigenvalue weighted by Crippen LogP contribution is 2.18. The molecule has 0 aliphatic carbocycles. The molecule has 1 aromatic heterocycles. The SMILES string of the molecule is CNCCCNc1ncc([N+](=O)[O-])cc1C(=O)O. The summed E-state index contributed by atoms with van der Waals surface area (Å²) in [6.45, 7) is 1.31. The number of carboxylic acid groups (broad SMARTS) is 1. The van der Waals surface area contributed by atoms with Gasteiger partial charge in [0.2, 0.25) is 0 Å². The van der Waals surface area contributed by atoms with Crippen LogP contribution < -0.4 is 10.6 Å². The molecule has 18 heavy (non-hydrogen) atoms. The molecule has 8 nitrogen and oxygen atoms in total. The van der Waals surface area contributed by atoms with Crippen molar-refractivity contribution < 1.29 is 14.8 Å². The number of aromatic carboxylic acids is 1. The van der Waals surface area contributed by atoms with Gasteiger partial charge in [-0.2, -0.15) is 0 Å². The molecule has 98 valence electrons. The lowest BCUT2D eigenvalue weighted by Crippen LogP contribution is -2.15. The van der Waals surface area contributed by atoms with Gasteiger partial charge in [-0.25, -0.2) is 9.78 Å². The maximum absolute atomic E-state index is 11.0. The van der Waals surface area contributed by atoms with Crippen molar-refractivity contribution in [2.24, 2.45) is 0 Å². The fraction of sp³-hybridized carbons (Fsp3) is 0.400. The molecule has 0 saturated heterocycles. The first-order chi connectivity index (χ1) is 8.56. The van der Waals surface area contributed by atoms with E-state index in [1.807, 2.05) is 7.05 Å². The van der Waals surface area contributed by atoms with Crippen LogP contribution in [-0.4, -0.2) is 41.1 Å². The first kappa shape index (κ1) is 13.8. The van der Waals surface area contributed by atoms with Crippen LogP contribution in [0.15, 0.2) is 12.3 Å². The van der Waals surface area contributed by atoms with Gasteiger partial charge in [-0.15, -0.1) is 0 Å². The largest absolute Gasteiger partial charge is 0.478 e. The Morgan fingerprint density at radius 3 is 2.83 bits per heavy atom. The number of carboxylic acids is 1. The van der Waals surface area contributed by atoms with E-state index in [1.165, 1.54) is 0 Å². The molecule has 0 aromatic carbocycles. The lowest BCUT2D eigenvalue weighted by Gasteiger charge is -2.07. The Labute approximate surface area is 103 Å². The number of pyridine rings is 1. The molecule has 0 saturated carbocycles. The molecule has 0 amide bonds. The molecule has 0 aliphatic heterocycles. The summed E-state index contributed by atoms with van der Waals surface area (Å²) in [6.07, 6.45) is 1.82. The van der Waals surface area contributed by atoms with Crippen molar-refractivity contribution >= 4 is 17.5 Å². The van der Waals surface area contributed by atoms with Crippen molar-refractivity contribution in [3.05, 3.63) is 27.9 Å². The Morgan fingerprint density at radius 2 is 2.28 bits per heavy atom. The van der Waals surface area contributed by atoms with Gasteiger partial charge in [-0.05, 0) is 20.0 Å². The Kier molecular flexibility index (Phi) is 5.00. The highest BCUT2D eigenvalue weighted by atomic mass is 16.6. The molecule has 0 aliphatic rings. The number of anilines is 1. The quantitative estimate of drug-likeness (QED) is 0.372. The van der Waals surface area contributed by atoms with E-state index in [2.05, 4.69) is 15.6 Å². The number of hydrogen-bond donors (Lipinski definition) is 3. The van der Waals surface area contributed by atoms with E-state index in [-0.39, 0.29) is 17.1 Å². The van der Waals surface area contributed by atoms with Crippen molar-refractivity contribution in [2.75, 3.05) is 25.5 Å².